The number of ketones is 3. The molecule has 1 aliphatic rings. The van der Waals surface area contributed by atoms with Crippen molar-refractivity contribution in [1.29, 1.82) is 0 Å². The molecule has 0 aliphatic heterocycles. The number of halogens is 1. The Morgan fingerprint density at radius 3 is 2.00 bits per heavy atom. The second-order valence-corrected chi connectivity index (χ2v) is 3.48. The summed E-state index contributed by atoms with van der Waals surface area (Å²) in [6, 6.07) is 0. The summed E-state index contributed by atoms with van der Waals surface area (Å²) >= 11 is 5.66. The van der Waals surface area contributed by atoms with E-state index in [1.165, 1.54) is 6.92 Å². The number of carbonyl (C=O) groups excluding carboxylic acids is 3. The number of hydrogen-bond acceptors (Lipinski definition) is 3. The fourth-order valence-corrected chi connectivity index (χ4v) is 1.49. The zero-order valence-corrected chi connectivity index (χ0v) is 7.48. The summed E-state index contributed by atoms with van der Waals surface area (Å²) in [4.78, 5) is 31.5. The second-order valence-electron chi connectivity index (χ2n) is 2.91. The molecule has 0 saturated heterocycles. The van der Waals surface area contributed by atoms with Crippen LogP contribution < -0.4 is 0 Å². The number of rotatable bonds is 1. The van der Waals surface area contributed by atoms with Crippen molar-refractivity contribution in [3.05, 3.63) is 0 Å². The van der Waals surface area contributed by atoms with Gasteiger partial charge in [-0.2, -0.15) is 0 Å². The van der Waals surface area contributed by atoms with Gasteiger partial charge in [-0.3, -0.25) is 14.4 Å². The molecule has 0 amide bonds. The Bertz CT molecular complexity index is 241. The predicted molar refractivity (Wildman–Crippen MR) is 43.1 cm³/mol. The first-order valence-electron chi connectivity index (χ1n) is 3.76. The summed E-state index contributed by atoms with van der Waals surface area (Å²) in [5, 5.41) is 0. The van der Waals surface area contributed by atoms with Crippen LogP contribution in [0.3, 0.4) is 0 Å². The Balaban J connectivity index is 3.04. The van der Waals surface area contributed by atoms with Gasteiger partial charge in [0.05, 0.1) is 0 Å². The molecule has 0 unspecified atom stereocenters. The highest BCUT2D eigenvalue weighted by Crippen LogP contribution is 2.28. The van der Waals surface area contributed by atoms with Crippen LogP contribution in [0.1, 0.15) is 26.2 Å². The van der Waals surface area contributed by atoms with Crippen LogP contribution in [0.4, 0.5) is 0 Å². The first-order chi connectivity index (χ1) is 5.49. The van der Waals surface area contributed by atoms with Gasteiger partial charge in [-0.25, -0.2) is 0 Å². The fourth-order valence-electron chi connectivity index (χ4n) is 1.30. The van der Waals surface area contributed by atoms with Crippen molar-refractivity contribution in [3.63, 3.8) is 0 Å². The Labute approximate surface area is 75.1 Å². The standard InChI is InChI=1S/C8H9ClO3/c1-5(10)8(9)6(11)3-2-4-7(8)12/h2-4H2,1H3. The van der Waals surface area contributed by atoms with Crippen LogP contribution in [0.5, 0.6) is 0 Å². The van der Waals surface area contributed by atoms with E-state index >= 15 is 0 Å². The molecule has 0 spiro atoms. The van der Waals surface area contributed by atoms with E-state index in [0.717, 1.165) is 0 Å². The smallest absolute Gasteiger partial charge is 0.218 e. The molecule has 0 aromatic heterocycles. The molecule has 1 aliphatic carbocycles. The Morgan fingerprint density at radius 1 is 1.33 bits per heavy atom. The van der Waals surface area contributed by atoms with Crippen LogP contribution in [-0.2, 0) is 14.4 Å². The highest BCUT2D eigenvalue weighted by molar-refractivity contribution is 6.58. The number of carbonyl (C=O) groups is 3. The monoisotopic (exact) mass is 188 g/mol. The van der Waals surface area contributed by atoms with Crippen LogP contribution in [0.25, 0.3) is 0 Å². The lowest BCUT2D eigenvalue weighted by Crippen LogP contribution is -2.49. The summed E-state index contributed by atoms with van der Waals surface area (Å²) in [5.74, 6) is -1.46. The maximum Gasteiger partial charge on any atom is 0.218 e. The third-order valence-electron chi connectivity index (χ3n) is 2.06. The van der Waals surface area contributed by atoms with Crippen LogP contribution in [0.15, 0.2) is 0 Å². The zero-order valence-electron chi connectivity index (χ0n) is 6.72. The van der Waals surface area contributed by atoms with Gasteiger partial charge in [-0.05, 0) is 13.3 Å². The molecule has 0 N–H and O–H groups in total. The molecule has 66 valence electrons. The highest BCUT2D eigenvalue weighted by Gasteiger charge is 2.49. The minimum absolute atomic E-state index is 0.231. The van der Waals surface area contributed by atoms with Crippen molar-refractivity contribution in [2.24, 2.45) is 0 Å². The van der Waals surface area contributed by atoms with Gasteiger partial charge in [0.2, 0.25) is 4.87 Å². The first-order valence-corrected chi connectivity index (χ1v) is 4.14. The summed E-state index contributed by atoms with van der Waals surface area (Å²) in [5.41, 5.74) is 0. The van der Waals surface area contributed by atoms with Crippen molar-refractivity contribution >= 4 is 29.0 Å². The molecule has 1 rings (SSSR count). The average molecular weight is 189 g/mol. The zero-order chi connectivity index (χ0) is 9.35. The molecule has 3 nitrogen and oxygen atoms in total. The van der Waals surface area contributed by atoms with E-state index < -0.39 is 22.2 Å². The van der Waals surface area contributed by atoms with Crippen molar-refractivity contribution in [1.82, 2.24) is 0 Å². The van der Waals surface area contributed by atoms with Gasteiger partial charge in [-0.1, -0.05) is 11.6 Å². The van der Waals surface area contributed by atoms with Gasteiger partial charge >= 0.3 is 0 Å². The molecule has 12 heavy (non-hydrogen) atoms. The minimum atomic E-state index is -1.85. The van der Waals surface area contributed by atoms with Gasteiger partial charge in [0.1, 0.15) is 0 Å². The fraction of sp³-hybridized carbons (Fsp3) is 0.625. The maximum absolute atomic E-state index is 11.2. The number of hydrogen-bond donors (Lipinski definition) is 0. The third kappa shape index (κ3) is 1.18. The maximum atomic E-state index is 11.2. The second kappa shape index (κ2) is 2.98. The summed E-state index contributed by atoms with van der Waals surface area (Å²) in [6.45, 7) is 1.17. The average Bonchev–Trinajstić information content (AvgIpc) is 1.99. The van der Waals surface area contributed by atoms with Crippen molar-refractivity contribution in [3.8, 4) is 0 Å². The van der Waals surface area contributed by atoms with E-state index in [2.05, 4.69) is 0 Å². The molecule has 0 bridgehead atoms. The van der Waals surface area contributed by atoms with E-state index in [1.807, 2.05) is 0 Å². The van der Waals surface area contributed by atoms with E-state index in [0.29, 0.717) is 6.42 Å². The van der Waals surface area contributed by atoms with E-state index in [9.17, 15) is 14.4 Å². The Kier molecular flexibility index (Phi) is 2.33. The molecule has 4 heteroatoms. The lowest BCUT2D eigenvalue weighted by Gasteiger charge is -2.24. The molecule has 0 radical (unpaired) electrons. The first kappa shape index (κ1) is 9.39. The lowest BCUT2D eigenvalue weighted by molar-refractivity contribution is -0.139. The Hall–Kier alpha value is -0.700. The van der Waals surface area contributed by atoms with Gasteiger partial charge in [0, 0.05) is 12.8 Å². The molecule has 0 atom stereocenters. The van der Waals surface area contributed by atoms with Gasteiger partial charge in [-0.15, -0.1) is 0 Å². The van der Waals surface area contributed by atoms with Crippen LogP contribution in [0, 0.1) is 0 Å². The highest BCUT2D eigenvalue weighted by atomic mass is 35.5. The molecular formula is C8H9ClO3. The normalized spacial score (nSPS) is 22.5. The van der Waals surface area contributed by atoms with Gasteiger partial charge in [0.15, 0.2) is 17.3 Å². The summed E-state index contributed by atoms with van der Waals surface area (Å²) < 4.78 is 0. The lowest BCUT2D eigenvalue weighted by atomic mass is 9.83. The summed E-state index contributed by atoms with van der Waals surface area (Å²) in [6.07, 6.45) is 0.975. The van der Waals surface area contributed by atoms with Crippen LogP contribution >= 0.6 is 11.6 Å². The Morgan fingerprint density at radius 2 is 1.75 bits per heavy atom. The van der Waals surface area contributed by atoms with E-state index in [1.54, 1.807) is 0 Å². The summed E-state index contributed by atoms with van der Waals surface area (Å²) in [7, 11) is 0. The van der Waals surface area contributed by atoms with Crippen LogP contribution in [-0.4, -0.2) is 22.2 Å². The van der Waals surface area contributed by atoms with Gasteiger partial charge < -0.3 is 0 Å². The largest absolute Gasteiger partial charge is 0.297 e. The molecule has 0 aromatic carbocycles. The van der Waals surface area contributed by atoms with Crippen molar-refractivity contribution in [2.45, 2.75) is 31.1 Å². The SMILES string of the molecule is CC(=O)C1(Cl)C(=O)CCCC1=O. The topological polar surface area (TPSA) is 51.2 Å². The number of alkyl halides is 1. The molecule has 1 fully saturated rings. The van der Waals surface area contributed by atoms with E-state index in [-0.39, 0.29) is 12.8 Å². The van der Waals surface area contributed by atoms with Crippen molar-refractivity contribution in [2.75, 3.05) is 0 Å². The molecule has 1 saturated carbocycles. The minimum Gasteiger partial charge on any atom is -0.297 e. The molecule has 0 heterocycles. The third-order valence-corrected chi connectivity index (χ3v) is 2.75. The molecular weight excluding hydrogens is 180 g/mol. The molecule has 0 aromatic rings. The van der Waals surface area contributed by atoms with E-state index in [4.69, 9.17) is 11.6 Å². The number of Topliss-reactive ketones (excluding diaryl/α,β-unsaturated/α-hetero) is 3. The quantitative estimate of drug-likeness (QED) is 0.453. The van der Waals surface area contributed by atoms with Gasteiger partial charge in [0.25, 0.3) is 0 Å². The van der Waals surface area contributed by atoms with Crippen LogP contribution in [0.2, 0.25) is 0 Å². The predicted octanol–water partition coefficient (Wildman–Crippen LogP) is 0.875. The van der Waals surface area contributed by atoms with Crippen molar-refractivity contribution < 1.29 is 14.4 Å².